The van der Waals surface area contributed by atoms with Crippen molar-refractivity contribution in [2.24, 2.45) is 23.0 Å². The first kappa shape index (κ1) is 12.8. The van der Waals surface area contributed by atoms with E-state index < -0.39 is 0 Å². The topological polar surface area (TPSA) is 35.2 Å². The number of methoxy groups -OCH3 is 1. The van der Waals surface area contributed by atoms with Crippen LogP contribution in [0.3, 0.4) is 0 Å². The van der Waals surface area contributed by atoms with E-state index in [2.05, 4.69) is 30.3 Å². The molecule has 4 aliphatic rings. The van der Waals surface area contributed by atoms with Crippen molar-refractivity contribution >= 4 is 17.2 Å². The van der Waals surface area contributed by atoms with Crippen LogP contribution in [0, 0.1) is 17.3 Å². The molecule has 3 heteroatoms. The second-order valence-corrected chi connectivity index (χ2v) is 7.46. The molecule has 0 amide bonds. The summed E-state index contributed by atoms with van der Waals surface area (Å²) in [5, 5.41) is 0. The van der Waals surface area contributed by atoms with Crippen molar-refractivity contribution in [3.63, 3.8) is 0 Å². The van der Waals surface area contributed by atoms with Crippen LogP contribution in [0.15, 0.2) is 30.3 Å². The lowest BCUT2D eigenvalue weighted by atomic mass is 9.63. The van der Waals surface area contributed by atoms with E-state index in [1.807, 2.05) is 7.11 Å². The fourth-order valence-corrected chi connectivity index (χ4v) is 6.00. The first-order valence-electron chi connectivity index (χ1n) is 7.50. The van der Waals surface area contributed by atoms with Crippen LogP contribution >= 0.6 is 12.2 Å². The maximum atomic E-state index is 6.19. The maximum Gasteiger partial charge on any atom is 0.0794 e. The van der Waals surface area contributed by atoms with Gasteiger partial charge in [0.25, 0.3) is 0 Å². The molecule has 0 aliphatic heterocycles. The molecule has 5 atom stereocenters. The molecule has 1 aromatic carbocycles. The Bertz CT molecular complexity index is 559. The van der Waals surface area contributed by atoms with Crippen LogP contribution in [0.25, 0.3) is 0 Å². The summed E-state index contributed by atoms with van der Waals surface area (Å²) in [6.45, 7) is 0. The summed E-state index contributed by atoms with van der Waals surface area (Å²) in [6.07, 6.45) is 5.04. The van der Waals surface area contributed by atoms with E-state index in [9.17, 15) is 0 Å². The minimum Gasteiger partial charge on any atom is -0.393 e. The summed E-state index contributed by atoms with van der Waals surface area (Å²) in [4.78, 5) is 0.726. The Kier molecular flexibility index (Phi) is 2.59. The molecule has 0 aromatic heterocycles. The van der Waals surface area contributed by atoms with E-state index in [0.717, 1.165) is 17.8 Å². The van der Waals surface area contributed by atoms with Crippen LogP contribution in [-0.2, 0) is 10.2 Å². The van der Waals surface area contributed by atoms with Crippen molar-refractivity contribution in [2.75, 3.05) is 7.11 Å². The monoisotopic (exact) mass is 287 g/mol. The normalized spacial score (nSPS) is 45.0. The van der Waals surface area contributed by atoms with Crippen molar-refractivity contribution in [2.45, 2.75) is 37.2 Å². The van der Waals surface area contributed by atoms with Gasteiger partial charge in [-0.15, -0.1) is 0 Å². The molecule has 0 radical (unpaired) electrons. The molecule has 20 heavy (non-hydrogen) atoms. The van der Waals surface area contributed by atoms with Crippen molar-refractivity contribution in [1.29, 1.82) is 0 Å². The average Bonchev–Trinajstić information content (AvgIpc) is 2.83. The molecule has 4 aliphatic carbocycles. The summed E-state index contributed by atoms with van der Waals surface area (Å²) >= 11 is 5.48. The second kappa shape index (κ2) is 4.05. The highest BCUT2D eigenvalue weighted by molar-refractivity contribution is 7.80. The molecule has 0 spiro atoms. The van der Waals surface area contributed by atoms with Crippen molar-refractivity contribution in [3.8, 4) is 0 Å². The molecule has 5 rings (SSSR count). The summed E-state index contributed by atoms with van der Waals surface area (Å²) in [5.74, 6) is 1.14. The predicted octanol–water partition coefficient (Wildman–Crippen LogP) is 3.05. The third kappa shape index (κ3) is 1.40. The zero-order valence-corrected chi connectivity index (χ0v) is 12.7. The standard InChI is InChI=1S/C17H21NOS/c1-19-14-11-7-16(12-5-3-2-4-6-12)9-13(14)17(8-11,10-16)15(18)20/h2-6,11,13-14H,7-10H2,1H3,(H2,18,20). The van der Waals surface area contributed by atoms with Gasteiger partial charge in [0, 0.05) is 12.5 Å². The van der Waals surface area contributed by atoms with Gasteiger partial charge in [-0.3, -0.25) is 0 Å². The molecule has 2 nitrogen and oxygen atoms in total. The molecule has 0 heterocycles. The Balaban J connectivity index is 1.81. The van der Waals surface area contributed by atoms with Crippen LogP contribution in [0.2, 0.25) is 0 Å². The molecule has 4 fully saturated rings. The summed E-state index contributed by atoms with van der Waals surface area (Å²) in [7, 11) is 1.85. The Labute approximate surface area is 125 Å². The van der Waals surface area contributed by atoms with Gasteiger partial charge in [0.15, 0.2) is 0 Å². The van der Waals surface area contributed by atoms with E-state index in [1.54, 1.807) is 0 Å². The minimum atomic E-state index is 0.0504. The number of rotatable bonds is 3. The van der Waals surface area contributed by atoms with Crippen molar-refractivity contribution in [3.05, 3.63) is 35.9 Å². The minimum absolute atomic E-state index is 0.0504. The summed E-state index contributed by atoms with van der Waals surface area (Å²) in [5.41, 5.74) is 8.00. The van der Waals surface area contributed by atoms with Gasteiger partial charge in [-0.25, -0.2) is 0 Å². The average molecular weight is 287 g/mol. The maximum absolute atomic E-state index is 6.19. The predicted molar refractivity (Wildman–Crippen MR) is 83.6 cm³/mol. The molecule has 106 valence electrons. The third-order valence-electron chi connectivity index (χ3n) is 6.26. The molecular weight excluding hydrogens is 266 g/mol. The number of thiocarbonyl (C=S) groups is 1. The van der Waals surface area contributed by atoms with Gasteiger partial charge < -0.3 is 10.5 Å². The smallest absolute Gasteiger partial charge is 0.0794 e. The second-order valence-electron chi connectivity index (χ2n) is 7.02. The Morgan fingerprint density at radius 1 is 1.25 bits per heavy atom. The molecule has 4 bridgehead atoms. The SMILES string of the molecule is COC1C2CC3(c4ccccc4)CC1C(C(N)=S)(C2)C3. The van der Waals surface area contributed by atoms with E-state index in [-0.39, 0.29) is 10.8 Å². The van der Waals surface area contributed by atoms with Crippen LogP contribution in [0.5, 0.6) is 0 Å². The van der Waals surface area contributed by atoms with Crippen LogP contribution in [0.4, 0.5) is 0 Å². The highest BCUT2D eigenvalue weighted by Gasteiger charge is 2.69. The lowest BCUT2D eigenvalue weighted by Gasteiger charge is -2.42. The fourth-order valence-electron chi connectivity index (χ4n) is 5.69. The lowest BCUT2D eigenvalue weighted by Crippen LogP contribution is -2.40. The Hall–Kier alpha value is -0.930. The zero-order valence-electron chi connectivity index (χ0n) is 11.8. The number of nitrogens with two attached hydrogens (primary N) is 1. The highest BCUT2D eigenvalue weighted by atomic mass is 32.1. The van der Waals surface area contributed by atoms with Crippen molar-refractivity contribution in [1.82, 2.24) is 0 Å². The van der Waals surface area contributed by atoms with E-state index in [1.165, 1.54) is 18.4 Å². The van der Waals surface area contributed by atoms with E-state index in [4.69, 9.17) is 22.7 Å². The van der Waals surface area contributed by atoms with Gasteiger partial charge in [-0.1, -0.05) is 42.5 Å². The summed E-state index contributed by atoms with van der Waals surface area (Å²) in [6, 6.07) is 11.0. The fraction of sp³-hybridized carbons (Fsp3) is 0.588. The van der Waals surface area contributed by atoms with Crippen LogP contribution in [0.1, 0.15) is 31.2 Å². The van der Waals surface area contributed by atoms with Crippen LogP contribution < -0.4 is 5.73 Å². The number of hydrogen-bond acceptors (Lipinski definition) is 2. The first-order chi connectivity index (χ1) is 9.61. The zero-order chi connectivity index (χ0) is 14.0. The largest absolute Gasteiger partial charge is 0.393 e. The summed E-state index contributed by atoms with van der Waals surface area (Å²) < 4.78 is 5.82. The van der Waals surface area contributed by atoms with Gasteiger partial charge >= 0.3 is 0 Å². The van der Waals surface area contributed by atoms with E-state index >= 15 is 0 Å². The van der Waals surface area contributed by atoms with Gasteiger partial charge in [-0.05, 0) is 48.5 Å². The van der Waals surface area contributed by atoms with Crippen LogP contribution in [-0.4, -0.2) is 18.2 Å². The quantitative estimate of drug-likeness (QED) is 0.868. The molecular formula is C17H21NOS. The van der Waals surface area contributed by atoms with Gasteiger partial charge in [-0.2, -0.15) is 0 Å². The number of benzene rings is 1. The van der Waals surface area contributed by atoms with Gasteiger partial charge in [0.05, 0.1) is 11.1 Å². The van der Waals surface area contributed by atoms with Gasteiger partial charge in [0.2, 0.25) is 0 Å². The van der Waals surface area contributed by atoms with E-state index in [0.29, 0.717) is 17.9 Å². The first-order valence-corrected chi connectivity index (χ1v) is 7.90. The Morgan fingerprint density at radius 2 is 2.00 bits per heavy atom. The molecule has 5 unspecified atom stereocenters. The molecule has 0 saturated heterocycles. The van der Waals surface area contributed by atoms with Gasteiger partial charge in [0.1, 0.15) is 0 Å². The molecule has 4 saturated carbocycles. The number of ether oxygens (including phenoxy) is 1. The highest BCUT2D eigenvalue weighted by Crippen LogP contribution is 2.71. The lowest BCUT2D eigenvalue weighted by molar-refractivity contribution is 0.00248. The molecule has 2 N–H and O–H groups in total. The third-order valence-corrected chi connectivity index (χ3v) is 6.67. The number of hydrogen-bond donors (Lipinski definition) is 1. The Morgan fingerprint density at radius 3 is 2.65 bits per heavy atom. The van der Waals surface area contributed by atoms with Crippen molar-refractivity contribution < 1.29 is 4.74 Å². The molecule has 1 aromatic rings.